The number of benzene rings is 2. The normalized spacial score (nSPS) is 10.7. The van der Waals surface area contributed by atoms with Crippen LogP contribution in [0.1, 0.15) is 22.8 Å². The molecule has 26 heavy (non-hydrogen) atoms. The van der Waals surface area contributed by atoms with Crippen LogP contribution in [0.15, 0.2) is 47.5 Å². The summed E-state index contributed by atoms with van der Waals surface area (Å²) in [7, 11) is 1.55. The van der Waals surface area contributed by atoms with Crippen LogP contribution in [0.5, 0.6) is 5.75 Å². The summed E-state index contributed by atoms with van der Waals surface area (Å²) in [5.41, 5.74) is 8.11. The number of carbonyl (C=O) groups is 1. The van der Waals surface area contributed by atoms with Crippen LogP contribution in [0.4, 0.5) is 5.69 Å². The number of methoxy groups -OCH3 is 1. The van der Waals surface area contributed by atoms with Crippen LogP contribution in [-0.4, -0.2) is 25.5 Å². The van der Waals surface area contributed by atoms with Crippen LogP contribution in [0.3, 0.4) is 0 Å². The molecular weight excluding hydrogens is 467 g/mol. The standard InChI is InChI=1S/C18H21ClN4O2.HI/c1-3-21-17(24)13-6-4-5-12(9-13)11-22-18(20)23-14-7-8-16(25-2)15(19)10-14;/h4-10H,3,11H2,1-2H3,(H,21,24)(H3,20,22,23);1H. The smallest absolute Gasteiger partial charge is 0.251 e. The van der Waals surface area contributed by atoms with Gasteiger partial charge in [0.2, 0.25) is 0 Å². The summed E-state index contributed by atoms with van der Waals surface area (Å²) in [6.07, 6.45) is 0. The predicted octanol–water partition coefficient (Wildman–Crippen LogP) is 3.64. The largest absolute Gasteiger partial charge is 0.495 e. The van der Waals surface area contributed by atoms with E-state index in [1.807, 2.05) is 19.1 Å². The van der Waals surface area contributed by atoms with E-state index in [1.165, 1.54) is 0 Å². The van der Waals surface area contributed by atoms with E-state index in [1.54, 1.807) is 37.4 Å². The molecule has 0 bridgehead atoms. The van der Waals surface area contributed by atoms with E-state index in [-0.39, 0.29) is 35.8 Å². The molecule has 2 rings (SSSR count). The summed E-state index contributed by atoms with van der Waals surface area (Å²) in [4.78, 5) is 16.1. The lowest BCUT2D eigenvalue weighted by molar-refractivity contribution is 0.0955. The molecule has 0 radical (unpaired) electrons. The number of carbonyl (C=O) groups excluding carboxylic acids is 1. The summed E-state index contributed by atoms with van der Waals surface area (Å²) >= 11 is 6.08. The number of hydrogen-bond acceptors (Lipinski definition) is 3. The van der Waals surface area contributed by atoms with Gasteiger partial charge >= 0.3 is 0 Å². The Morgan fingerprint density at radius 3 is 2.69 bits per heavy atom. The Kier molecular flexibility index (Phi) is 9.22. The lowest BCUT2D eigenvalue weighted by Gasteiger charge is -2.09. The van der Waals surface area contributed by atoms with Crippen LogP contribution in [-0.2, 0) is 6.54 Å². The third-order valence-corrected chi connectivity index (χ3v) is 3.68. The number of guanidine groups is 1. The van der Waals surface area contributed by atoms with Crippen molar-refractivity contribution in [3.63, 3.8) is 0 Å². The molecule has 0 saturated heterocycles. The van der Waals surface area contributed by atoms with E-state index in [0.717, 1.165) is 5.56 Å². The molecule has 0 aromatic heterocycles. The molecule has 0 aliphatic heterocycles. The molecule has 0 spiro atoms. The van der Waals surface area contributed by atoms with E-state index < -0.39 is 0 Å². The molecule has 0 fully saturated rings. The minimum absolute atomic E-state index is 0. The fourth-order valence-electron chi connectivity index (χ4n) is 2.18. The van der Waals surface area contributed by atoms with Gasteiger partial charge in [-0.3, -0.25) is 4.79 Å². The Balaban J connectivity index is 0.00000338. The second-order valence-electron chi connectivity index (χ2n) is 5.24. The Morgan fingerprint density at radius 1 is 1.27 bits per heavy atom. The van der Waals surface area contributed by atoms with Gasteiger partial charge in [0.1, 0.15) is 5.75 Å². The summed E-state index contributed by atoms with van der Waals surface area (Å²) in [6, 6.07) is 12.5. The highest BCUT2D eigenvalue weighted by molar-refractivity contribution is 14.0. The average molecular weight is 489 g/mol. The van der Waals surface area contributed by atoms with Crippen LogP contribution in [0, 0.1) is 0 Å². The monoisotopic (exact) mass is 488 g/mol. The summed E-state index contributed by atoms with van der Waals surface area (Å²) in [5.74, 6) is 0.738. The van der Waals surface area contributed by atoms with Crippen molar-refractivity contribution in [1.29, 1.82) is 0 Å². The van der Waals surface area contributed by atoms with Crippen molar-refractivity contribution in [3.8, 4) is 5.75 Å². The van der Waals surface area contributed by atoms with Gasteiger partial charge in [-0.2, -0.15) is 0 Å². The van der Waals surface area contributed by atoms with Gasteiger partial charge in [-0.15, -0.1) is 24.0 Å². The average Bonchev–Trinajstić information content (AvgIpc) is 2.60. The van der Waals surface area contributed by atoms with Gasteiger partial charge in [0.05, 0.1) is 18.7 Å². The molecule has 0 aliphatic carbocycles. The number of anilines is 1. The molecule has 0 atom stereocenters. The Bertz CT molecular complexity index is 784. The molecule has 0 unspecified atom stereocenters. The topological polar surface area (TPSA) is 88.7 Å². The highest BCUT2D eigenvalue weighted by Crippen LogP contribution is 2.27. The van der Waals surface area contributed by atoms with Crippen molar-refractivity contribution < 1.29 is 9.53 Å². The molecule has 8 heteroatoms. The first-order chi connectivity index (χ1) is 12.0. The lowest BCUT2D eigenvalue weighted by Crippen LogP contribution is -2.23. The number of ether oxygens (including phenoxy) is 1. The Labute approximate surface area is 175 Å². The molecule has 4 N–H and O–H groups in total. The molecule has 1 amide bonds. The highest BCUT2D eigenvalue weighted by atomic mass is 127. The van der Waals surface area contributed by atoms with Crippen LogP contribution >= 0.6 is 35.6 Å². The van der Waals surface area contributed by atoms with Crippen molar-refractivity contribution in [1.82, 2.24) is 5.32 Å². The van der Waals surface area contributed by atoms with Gasteiger partial charge in [-0.25, -0.2) is 4.99 Å². The maximum Gasteiger partial charge on any atom is 0.251 e. The van der Waals surface area contributed by atoms with Crippen molar-refractivity contribution in [3.05, 3.63) is 58.6 Å². The molecule has 140 valence electrons. The van der Waals surface area contributed by atoms with Gasteiger partial charge in [-0.1, -0.05) is 23.7 Å². The van der Waals surface area contributed by atoms with Gasteiger partial charge in [0.25, 0.3) is 5.91 Å². The molecule has 0 aliphatic rings. The third kappa shape index (κ3) is 6.38. The van der Waals surface area contributed by atoms with Gasteiger partial charge < -0.3 is 21.1 Å². The molecule has 0 heterocycles. The van der Waals surface area contributed by atoms with Gasteiger partial charge in [0.15, 0.2) is 5.96 Å². The number of amides is 1. The first kappa shape index (κ1) is 22.0. The van der Waals surface area contributed by atoms with Crippen LogP contribution in [0.25, 0.3) is 0 Å². The summed E-state index contributed by atoms with van der Waals surface area (Å²) in [5, 5.41) is 6.22. The second-order valence-corrected chi connectivity index (χ2v) is 5.64. The van der Waals surface area contributed by atoms with Crippen molar-refractivity contribution in [2.75, 3.05) is 19.0 Å². The quantitative estimate of drug-likeness (QED) is 0.329. The first-order valence-corrected chi connectivity index (χ1v) is 8.19. The molecule has 6 nitrogen and oxygen atoms in total. The molecular formula is C18H22ClIN4O2. The molecule has 2 aromatic carbocycles. The number of aliphatic imine (C=N–C) groups is 1. The van der Waals surface area contributed by atoms with Gasteiger partial charge in [-0.05, 0) is 42.8 Å². The zero-order chi connectivity index (χ0) is 18.2. The lowest BCUT2D eigenvalue weighted by atomic mass is 10.1. The zero-order valence-electron chi connectivity index (χ0n) is 14.6. The van der Waals surface area contributed by atoms with E-state index in [0.29, 0.717) is 35.1 Å². The van der Waals surface area contributed by atoms with E-state index in [2.05, 4.69) is 15.6 Å². The van der Waals surface area contributed by atoms with E-state index in [9.17, 15) is 4.79 Å². The minimum Gasteiger partial charge on any atom is -0.495 e. The van der Waals surface area contributed by atoms with E-state index in [4.69, 9.17) is 22.1 Å². The number of rotatable bonds is 6. The van der Waals surface area contributed by atoms with Crippen molar-refractivity contribution in [2.45, 2.75) is 13.5 Å². The number of nitrogens with zero attached hydrogens (tertiary/aromatic N) is 1. The van der Waals surface area contributed by atoms with Crippen molar-refractivity contribution >= 4 is 53.1 Å². The minimum atomic E-state index is -0.104. The molecule has 2 aromatic rings. The highest BCUT2D eigenvalue weighted by Gasteiger charge is 2.05. The zero-order valence-corrected chi connectivity index (χ0v) is 17.7. The van der Waals surface area contributed by atoms with E-state index >= 15 is 0 Å². The Morgan fingerprint density at radius 2 is 2.04 bits per heavy atom. The SMILES string of the molecule is CCNC(=O)c1cccc(CN=C(N)Nc2ccc(OC)c(Cl)c2)c1.I. The number of hydrogen-bond donors (Lipinski definition) is 3. The Hall–Kier alpha value is -2.00. The third-order valence-electron chi connectivity index (χ3n) is 3.38. The molecule has 0 saturated carbocycles. The maximum absolute atomic E-state index is 11.9. The van der Waals surface area contributed by atoms with Gasteiger partial charge in [0, 0.05) is 17.8 Å². The summed E-state index contributed by atoms with van der Waals surface area (Å²) in [6.45, 7) is 2.82. The number of halogens is 2. The second kappa shape index (κ2) is 10.9. The van der Waals surface area contributed by atoms with Crippen LogP contribution < -0.4 is 21.1 Å². The van der Waals surface area contributed by atoms with Crippen molar-refractivity contribution in [2.24, 2.45) is 10.7 Å². The number of nitrogens with two attached hydrogens (primary N) is 1. The van der Waals surface area contributed by atoms with Crippen LogP contribution in [0.2, 0.25) is 5.02 Å². The summed E-state index contributed by atoms with van der Waals surface area (Å²) < 4.78 is 5.10. The number of nitrogens with one attached hydrogen (secondary N) is 2. The fourth-order valence-corrected chi connectivity index (χ4v) is 2.44. The maximum atomic E-state index is 11.9. The first-order valence-electron chi connectivity index (χ1n) is 7.81. The predicted molar refractivity (Wildman–Crippen MR) is 117 cm³/mol. The fraction of sp³-hybridized carbons (Fsp3) is 0.222.